The minimum Gasteiger partial charge on any atom is -0.508 e. The van der Waals surface area contributed by atoms with Crippen molar-refractivity contribution in [2.45, 2.75) is 26.4 Å². The molecular weight excluding hydrogens is 232 g/mol. The Kier molecular flexibility index (Phi) is 3.33. The van der Waals surface area contributed by atoms with Crippen molar-refractivity contribution < 1.29 is 10.2 Å². The second kappa shape index (κ2) is 4.11. The summed E-state index contributed by atoms with van der Waals surface area (Å²) in [4.78, 5) is 0. The van der Waals surface area contributed by atoms with E-state index in [1.54, 1.807) is 12.1 Å². The van der Waals surface area contributed by atoms with Gasteiger partial charge in [0.05, 0.1) is 6.61 Å². The summed E-state index contributed by atoms with van der Waals surface area (Å²) in [7, 11) is 0. The van der Waals surface area contributed by atoms with Crippen LogP contribution in [0.3, 0.4) is 0 Å². The van der Waals surface area contributed by atoms with E-state index in [-0.39, 0.29) is 12.4 Å². The molecule has 2 N–H and O–H groups in total. The zero-order valence-corrected chi connectivity index (χ0v) is 9.30. The predicted octanol–water partition coefficient (Wildman–Crippen LogP) is 2.77. The topological polar surface area (TPSA) is 40.5 Å². The van der Waals surface area contributed by atoms with Crippen molar-refractivity contribution in [3.8, 4) is 5.75 Å². The van der Waals surface area contributed by atoms with Crippen molar-refractivity contribution in [2.75, 3.05) is 0 Å². The van der Waals surface area contributed by atoms with Crippen LogP contribution in [0.25, 0.3) is 0 Å². The predicted molar refractivity (Wildman–Crippen MR) is 55.8 cm³/mol. The maximum Gasteiger partial charge on any atom is 0.121 e. The lowest BCUT2D eigenvalue weighted by Crippen LogP contribution is -1.92. The van der Waals surface area contributed by atoms with Crippen LogP contribution in [0, 0.1) is 0 Å². The molecular formula is C10H13BrO2. The van der Waals surface area contributed by atoms with E-state index in [0.29, 0.717) is 11.5 Å². The van der Waals surface area contributed by atoms with Crippen LogP contribution in [0.2, 0.25) is 0 Å². The third-order valence-electron chi connectivity index (χ3n) is 1.99. The van der Waals surface area contributed by atoms with Crippen molar-refractivity contribution in [1.29, 1.82) is 0 Å². The van der Waals surface area contributed by atoms with Crippen molar-refractivity contribution in [1.82, 2.24) is 0 Å². The minimum atomic E-state index is -0.136. The molecule has 0 bridgehead atoms. The molecule has 0 fully saturated rings. The van der Waals surface area contributed by atoms with Crippen molar-refractivity contribution in [3.05, 3.63) is 27.7 Å². The normalized spacial score (nSPS) is 10.8. The largest absolute Gasteiger partial charge is 0.508 e. The van der Waals surface area contributed by atoms with Gasteiger partial charge in [-0.05, 0) is 23.6 Å². The number of phenols is 1. The molecule has 0 aliphatic carbocycles. The molecule has 0 spiro atoms. The number of benzene rings is 1. The average Bonchev–Trinajstić information content (AvgIpc) is 2.07. The number of halogens is 1. The summed E-state index contributed by atoms with van der Waals surface area (Å²) in [5, 5.41) is 18.4. The minimum absolute atomic E-state index is 0.136. The van der Waals surface area contributed by atoms with Crippen molar-refractivity contribution >= 4 is 15.9 Å². The number of aliphatic hydroxyl groups excluding tert-OH is 1. The summed E-state index contributed by atoms with van der Waals surface area (Å²) in [5.41, 5.74) is 1.60. The monoisotopic (exact) mass is 244 g/mol. The summed E-state index contributed by atoms with van der Waals surface area (Å²) >= 11 is 3.40. The molecule has 0 saturated carbocycles. The molecule has 2 nitrogen and oxygen atoms in total. The third-order valence-corrected chi connectivity index (χ3v) is 2.68. The second-order valence-corrected chi connectivity index (χ2v) is 4.17. The third kappa shape index (κ3) is 2.23. The van der Waals surface area contributed by atoms with Gasteiger partial charge in [-0.15, -0.1) is 0 Å². The van der Waals surface area contributed by atoms with E-state index in [4.69, 9.17) is 5.11 Å². The Morgan fingerprint density at radius 2 is 2.00 bits per heavy atom. The molecule has 0 saturated heterocycles. The van der Waals surface area contributed by atoms with Gasteiger partial charge < -0.3 is 10.2 Å². The molecule has 72 valence electrons. The zero-order chi connectivity index (χ0) is 10.0. The number of rotatable bonds is 2. The molecule has 0 aliphatic rings. The average molecular weight is 245 g/mol. The first-order valence-electron chi connectivity index (χ1n) is 4.18. The SMILES string of the molecule is CC(C)c1cc(O)c(CO)cc1Br. The molecule has 0 aromatic heterocycles. The standard InChI is InChI=1S/C10H13BrO2/c1-6(2)8-4-10(13)7(5-12)3-9(8)11/h3-4,6,12-13H,5H2,1-2H3. The molecule has 1 aromatic carbocycles. The van der Waals surface area contributed by atoms with Gasteiger partial charge in [0.15, 0.2) is 0 Å². The highest BCUT2D eigenvalue weighted by molar-refractivity contribution is 9.10. The van der Waals surface area contributed by atoms with Gasteiger partial charge in [0, 0.05) is 10.0 Å². The molecule has 0 radical (unpaired) electrons. The van der Waals surface area contributed by atoms with Crippen LogP contribution in [0.4, 0.5) is 0 Å². The quantitative estimate of drug-likeness (QED) is 0.841. The Morgan fingerprint density at radius 3 is 2.46 bits per heavy atom. The van der Waals surface area contributed by atoms with Gasteiger partial charge in [0.25, 0.3) is 0 Å². The summed E-state index contributed by atoms with van der Waals surface area (Å²) in [6.07, 6.45) is 0. The number of aliphatic hydroxyl groups is 1. The maximum absolute atomic E-state index is 9.48. The summed E-state index contributed by atoms with van der Waals surface area (Å²) in [5.74, 6) is 0.516. The van der Waals surface area contributed by atoms with Gasteiger partial charge in [0.2, 0.25) is 0 Å². The molecule has 13 heavy (non-hydrogen) atoms. The number of hydrogen-bond donors (Lipinski definition) is 2. The Hall–Kier alpha value is -0.540. The highest BCUT2D eigenvalue weighted by atomic mass is 79.9. The Balaban J connectivity index is 3.20. The van der Waals surface area contributed by atoms with Crippen LogP contribution >= 0.6 is 15.9 Å². The van der Waals surface area contributed by atoms with Crippen LogP contribution in [-0.4, -0.2) is 10.2 Å². The van der Waals surface area contributed by atoms with Crippen molar-refractivity contribution in [3.63, 3.8) is 0 Å². The first kappa shape index (κ1) is 10.5. The first-order valence-corrected chi connectivity index (χ1v) is 4.97. The van der Waals surface area contributed by atoms with E-state index >= 15 is 0 Å². The van der Waals surface area contributed by atoms with E-state index in [9.17, 15) is 5.11 Å². The first-order chi connectivity index (χ1) is 6.06. The fourth-order valence-corrected chi connectivity index (χ4v) is 2.04. The van der Waals surface area contributed by atoms with E-state index in [0.717, 1.165) is 10.0 Å². The van der Waals surface area contributed by atoms with Crippen LogP contribution in [-0.2, 0) is 6.61 Å². The highest BCUT2D eigenvalue weighted by Gasteiger charge is 2.09. The van der Waals surface area contributed by atoms with Crippen LogP contribution in [0.5, 0.6) is 5.75 Å². The van der Waals surface area contributed by atoms with Gasteiger partial charge in [-0.1, -0.05) is 29.8 Å². The molecule has 1 aromatic rings. The Labute approximate surface area is 86.3 Å². The lowest BCUT2D eigenvalue weighted by molar-refractivity contribution is 0.275. The molecule has 3 heteroatoms. The van der Waals surface area contributed by atoms with Crippen LogP contribution in [0.15, 0.2) is 16.6 Å². The lowest BCUT2D eigenvalue weighted by Gasteiger charge is -2.11. The molecule has 1 rings (SSSR count). The van der Waals surface area contributed by atoms with E-state index in [1.165, 1.54) is 0 Å². The molecule has 0 unspecified atom stereocenters. The van der Waals surface area contributed by atoms with Gasteiger partial charge in [-0.25, -0.2) is 0 Å². The highest BCUT2D eigenvalue weighted by Crippen LogP contribution is 2.31. The molecule has 0 amide bonds. The summed E-state index contributed by atoms with van der Waals surface area (Å²) in [6.45, 7) is 3.97. The summed E-state index contributed by atoms with van der Waals surface area (Å²) < 4.78 is 0.935. The van der Waals surface area contributed by atoms with Gasteiger partial charge in [-0.2, -0.15) is 0 Å². The van der Waals surface area contributed by atoms with Crippen molar-refractivity contribution in [2.24, 2.45) is 0 Å². The number of hydrogen-bond acceptors (Lipinski definition) is 2. The van der Waals surface area contributed by atoms with Crippen LogP contribution < -0.4 is 0 Å². The fourth-order valence-electron chi connectivity index (χ4n) is 1.19. The molecule has 0 heterocycles. The van der Waals surface area contributed by atoms with Gasteiger partial charge in [0.1, 0.15) is 5.75 Å². The Bertz CT molecular complexity index is 308. The van der Waals surface area contributed by atoms with E-state index < -0.39 is 0 Å². The fraction of sp³-hybridized carbons (Fsp3) is 0.400. The Morgan fingerprint density at radius 1 is 1.38 bits per heavy atom. The molecule has 0 aliphatic heterocycles. The summed E-state index contributed by atoms with van der Waals surface area (Å²) in [6, 6.07) is 3.45. The van der Waals surface area contributed by atoms with Gasteiger partial charge in [-0.3, -0.25) is 0 Å². The van der Waals surface area contributed by atoms with Crippen LogP contribution in [0.1, 0.15) is 30.9 Å². The maximum atomic E-state index is 9.48. The zero-order valence-electron chi connectivity index (χ0n) is 7.71. The molecule has 0 atom stereocenters. The van der Waals surface area contributed by atoms with E-state index in [1.807, 2.05) is 0 Å². The second-order valence-electron chi connectivity index (χ2n) is 3.32. The lowest BCUT2D eigenvalue weighted by atomic mass is 10.0. The smallest absolute Gasteiger partial charge is 0.121 e. The number of aromatic hydroxyl groups is 1. The van der Waals surface area contributed by atoms with Gasteiger partial charge >= 0.3 is 0 Å². The van der Waals surface area contributed by atoms with E-state index in [2.05, 4.69) is 29.8 Å².